The van der Waals surface area contributed by atoms with E-state index in [9.17, 15) is 14.4 Å². The van der Waals surface area contributed by atoms with Crippen LogP contribution in [0.5, 0.6) is 0 Å². The van der Waals surface area contributed by atoms with E-state index >= 15 is 0 Å². The average molecular weight is 570 g/mol. The lowest BCUT2D eigenvalue weighted by molar-refractivity contribution is -0.124. The Hall–Kier alpha value is -4.58. The fourth-order valence-electron chi connectivity index (χ4n) is 5.58. The van der Waals surface area contributed by atoms with Crippen molar-refractivity contribution >= 4 is 55.8 Å². The Morgan fingerprint density at radius 1 is 1.15 bits per heavy atom. The fourth-order valence-corrected chi connectivity index (χ4v) is 6.61. The molecule has 12 heteroatoms. The number of carbonyl (C=O) groups is 2. The normalized spacial score (nSPS) is 21.2. The van der Waals surface area contributed by atoms with Crippen molar-refractivity contribution in [2.75, 3.05) is 11.1 Å². The number of hydrogen-bond donors (Lipinski definition) is 3. The molecule has 11 nitrogen and oxygen atoms in total. The first-order valence-corrected chi connectivity index (χ1v) is 14.3. The quantitative estimate of drug-likeness (QED) is 0.277. The Balaban J connectivity index is 1.05. The number of nitrogen functional groups attached to an aromatic ring is 1. The molecule has 4 aromatic heterocycles. The molecule has 0 radical (unpaired) electrons. The molecule has 0 saturated heterocycles. The van der Waals surface area contributed by atoms with Gasteiger partial charge in [-0.25, -0.2) is 15.0 Å². The van der Waals surface area contributed by atoms with Crippen LogP contribution in [0.15, 0.2) is 51.9 Å². The van der Waals surface area contributed by atoms with E-state index in [0.717, 1.165) is 26.0 Å². The van der Waals surface area contributed by atoms with Crippen LogP contribution in [0.3, 0.4) is 0 Å². The van der Waals surface area contributed by atoms with E-state index in [-0.39, 0.29) is 35.3 Å². The average Bonchev–Trinajstić information content (AvgIpc) is 3.29. The zero-order valence-corrected chi connectivity index (χ0v) is 23.2. The van der Waals surface area contributed by atoms with Crippen LogP contribution in [0.25, 0.3) is 21.2 Å². The Morgan fingerprint density at radius 2 is 2.00 bits per heavy atom. The third-order valence-corrected chi connectivity index (χ3v) is 8.92. The molecule has 5 heterocycles. The van der Waals surface area contributed by atoms with Gasteiger partial charge in [0.2, 0.25) is 11.8 Å². The molecule has 0 bridgehead atoms. The number of nitrogens with one attached hydrogen (secondary N) is 2. The lowest BCUT2D eigenvalue weighted by Gasteiger charge is -2.15. The van der Waals surface area contributed by atoms with E-state index in [4.69, 9.17) is 10.2 Å². The molecule has 2 amide bonds. The van der Waals surface area contributed by atoms with Gasteiger partial charge in [0.1, 0.15) is 28.9 Å². The smallest absolute Gasteiger partial charge is 0.278 e. The topological polar surface area (TPSA) is 158 Å². The highest BCUT2D eigenvalue weighted by Crippen LogP contribution is 2.48. The summed E-state index contributed by atoms with van der Waals surface area (Å²) in [5, 5.41) is 6.66. The summed E-state index contributed by atoms with van der Waals surface area (Å²) in [7, 11) is 0. The zero-order chi connectivity index (χ0) is 28.4. The molecule has 1 aliphatic heterocycles. The minimum atomic E-state index is -0.722. The van der Waals surface area contributed by atoms with Crippen LogP contribution in [-0.2, 0) is 16.1 Å². The van der Waals surface area contributed by atoms with Crippen molar-refractivity contribution in [3.63, 3.8) is 0 Å². The SMILES string of the molecule is Cc1ccc2oc([C@H]3C[C@@H]3C(=O)Nc3cnc4n(c3=O)[C@H](C(=O)NCc3cc5cnc(N)cc5s3)C[C@H]4C)nc2c1. The number of aromatic nitrogens is 4. The van der Waals surface area contributed by atoms with Gasteiger partial charge in [-0.15, -0.1) is 11.3 Å². The molecule has 7 rings (SSSR count). The molecule has 1 aromatic carbocycles. The van der Waals surface area contributed by atoms with Crippen LogP contribution in [0, 0.1) is 12.8 Å². The van der Waals surface area contributed by atoms with Crippen molar-refractivity contribution in [3.8, 4) is 0 Å². The van der Waals surface area contributed by atoms with Gasteiger partial charge >= 0.3 is 0 Å². The largest absolute Gasteiger partial charge is 0.440 e. The number of anilines is 2. The van der Waals surface area contributed by atoms with Crippen LogP contribution in [0.2, 0.25) is 0 Å². The molecule has 4 atom stereocenters. The molecule has 0 unspecified atom stereocenters. The number of hydrogen-bond acceptors (Lipinski definition) is 9. The molecule has 0 spiro atoms. The minimum Gasteiger partial charge on any atom is -0.440 e. The van der Waals surface area contributed by atoms with E-state index in [2.05, 4.69) is 25.6 Å². The highest BCUT2D eigenvalue weighted by molar-refractivity contribution is 7.19. The molecular formula is C29H27N7O4S. The van der Waals surface area contributed by atoms with Gasteiger partial charge in [0.05, 0.1) is 18.7 Å². The predicted molar refractivity (Wildman–Crippen MR) is 155 cm³/mol. The molecule has 5 aromatic rings. The fraction of sp³-hybridized carbons (Fsp3) is 0.310. The summed E-state index contributed by atoms with van der Waals surface area (Å²) in [4.78, 5) is 53.9. The summed E-state index contributed by atoms with van der Waals surface area (Å²) in [6, 6.07) is 8.82. The van der Waals surface area contributed by atoms with Gasteiger partial charge in [-0.05, 0) is 49.6 Å². The Kier molecular flexibility index (Phi) is 5.89. The second-order valence-corrected chi connectivity index (χ2v) is 12.1. The minimum absolute atomic E-state index is 0.0547. The maximum atomic E-state index is 13.5. The molecular weight excluding hydrogens is 542 g/mol. The van der Waals surface area contributed by atoms with E-state index in [1.165, 1.54) is 22.1 Å². The summed E-state index contributed by atoms with van der Waals surface area (Å²) in [5.41, 5.74) is 7.92. The van der Waals surface area contributed by atoms with Crippen LogP contribution in [0.1, 0.15) is 59.8 Å². The van der Waals surface area contributed by atoms with Crippen molar-refractivity contribution in [1.82, 2.24) is 24.8 Å². The summed E-state index contributed by atoms with van der Waals surface area (Å²) < 4.78 is 8.28. The maximum absolute atomic E-state index is 13.5. The summed E-state index contributed by atoms with van der Waals surface area (Å²) >= 11 is 1.53. The van der Waals surface area contributed by atoms with Crippen molar-refractivity contribution in [3.05, 3.63) is 75.2 Å². The number of amides is 2. The van der Waals surface area contributed by atoms with Gasteiger partial charge in [0.15, 0.2) is 11.5 Å². The van der Waals surface area contributed by atoms with Gasteiger partial charge in [-0.2, -0.15) is 0 Å². The van der Waals surface area contributed by atoms with Gasteiger partial charge in [-0.3, -0.25) is 19.0 Å². The van der Waals surface area contributed by atoms with E-state index in [1.54, 1.807) is 12.3 Å². The highest BCUT2D eigenvalue weighted by atomic mass is 32.1. The first kappa shape index (κ1) is 25.4. The number of nitrogens with two attached hydrogens (primary N) is 1. The van der Waals surface area contributed by atoms with Crippen molar-refractivity contribution in [2.24, 2.45) is 5.92 Å². The Morgan fingerprint density at radius 3 is 2.85 bits per heavy atom. The summed E-state index contributed by atoms with van der Waals surface area (Å²) in [6.45, 7) is 4.23. The number of rotatable bonds is 6. The number of benzene rings is 1. The standard InChI is InChI=1S/C29H27N7O4S/c1-13-3-4-22-19(5-13)35-28(40-22)18-8-17(18)26(37)34-20-12-32-25-14(2)6-21(36(25)29(20)39)27(38)33-11-16-7-15-10-31-24(30)9-23(15)41-16/h3-5,7,9-10,12,14,17-18,21H,6,8,11H2,1-2H3,(H2,30,31)(H,33,38)(H,34,37)/t14-,17+,18+,21+/m1/s1. The van der Waals surface area contributed by atoms with E-state index in [0.29, 0.717) is 42.5 Å². The van der Waals surface area contributed by atoms with Crippen LogP contribution < -0.4 is 21.9 Å². The number of thiophene rings is 1. The highest BCUT2D eigenvalue weighted by Gasteiger charge is 2.48. The molecule has 4 N–H and O–H groups in total. The molecule has 1 saturated carbocycles. The van der Waals surface area contributed by atoms with Crippen molar-refractivity contribution in [1.29, 1.82) is 0 Å². The lowest BCUT2D eigenvalue weighted by Crippen LogP contribution is -2.36. The lowest BCUT2D eigenvalue weighted by atomic mass is 10.1. The zero-order valence-electron chi connectivity index (χ0n) is 22.4. The monoisotopic (exact) mass is 569 g/mol. The third-order valence-electron chi connectivity index (χ3n) is 7.83. The van der Waals surface area contributed by atoms with Gasteiger partial charge in [-0.1, -0.05) is 13.0 Å². The number of carbonyl (C=O) groups excluding carboxylic acids is 2. The molecule has 208 valence electrons. The number of fused-ring (bicyclic) bond motifs is 3. The Labute approximate surface area is 237 Å². The molecule has 2 aliphatic rings. The predicted octanol–water partition coefficient (Wildman–Crippen LogP) is 3.99. The van der Waals surface area contributed by atoms with Gasteiger partial charge < -0.3 is 20.8 Å². The van der Waals surface area contributed by atoms with Crippen molar-refractivity contribution < 1.29 is 14.0 Å². The van der Waals surface area contributed by atoms with Crippen LogP contribution in [0.4, 0.5) is 11.5 Å². The van der Waals surface area contributed by atoms with E-state index in [1.807, 2.05) is 38.1 Å². The number of pyridine rings is 1. The summed E-state index contributed by atoms with van der Waals surface area (Å²) in [6.07, 6.45) is 4.12. The van der Waals surface area contributed by atoms with Gasteiger partial charge in [0.25, 0.3) is 5.56 Å². The molecule has 1 fully saturated rings. The summed E-state index contributed by atoms with van der Waals surface area (Å²) in [5.74, 6) is 0.351. The molecule has 1 aliphatic carbocycles. The second kappa shape index (κ2) is 9.51. The van der Waals surface area contributed by atoms with E-state index < -0.39 is 11.6 Å². The first-order chi connectivity index (χ1) is 19.7. The second-order valence-electron chi connectivity index (χ2n) is 10.9. The number of oxazole rings is 1. The van der Waals surface area contributed by atoms with Gasteiger partial charge in [0, 0.05) is 33.0 Å². The molecule has 41 heavy (non-hydrogen) atoms. The first-order valence-electron chi connectivity index (χ1n) is 13.5. The van der Waals surface area contributed by atoms with Crippen LogP contribution >= 0.6 is 11.3 Å². The number of nitrogens with zero attached hydrogens (tertiary/aromatic N) is 4. The maximum Gasteiger partial charge on any atom is 0.278 e. The third kappa shape index (κ3) is 4.53. The number of aryl methyl sites for hydroxylation is 1. The van der Waals surface area contributed by atoms with Crippen molar-refractivity contribution in [2.45, 2.75) is 51.1 Å². The Bertz CT molecular complexity index is 1930. The van der Waals surface area contributed by atoms with Crippen LogP contribution in [-0.4, -0.2) is 31.3 Å².